The molecule has 0 bridgehead atoms. The first-order valence-electron chi connectivity index (χ1n) is 11.6. The lowest BCUT2D eigenvalue weighted by Crippen LogP contribution is -2.34. The van der Waals surface area contributed by atoms with Crippen molar-refractivity contribution in [3.63, 3.8) is 0 Å². The van der Waals surface area contributed by atoms with Crippen molar-refractivity contribution in [2.45, 2.75) is 50.2 Å². The summed E-state index contributed by atoms with van der Waals surface area (Å²) in [6, 6.07) is 12.7. The second-order valence-electron chi connectivity index (χ2n) is 9.04. The van der Waals surface area contributed by atoms with E-state index < -0.39 is 18.4 Å². The Bertz CT molecular complexity index is 1140. The zero-order chi connectivity index (χ0) is 26.0. The number of carbonyl (C=O) groups is 1. The Balaban J connectivity index is 1.60. The monoisotopic (exact) mass is 539 g/mol. The topological polar surface area (TPSA) is 38.8 Å². The van der Waals surface area contributed by atoms with Gasteiger partial charge in [-0.2, -0.15) is 0 Å². The minimum absolute atomic E-state index is 0.0280. The molecule has 0 radical (unpaired) electrons. The molecule has 0 saturated carbocycles. The summed E-state index contributed by atoms with van der Waals surface area (Å²) in [4.78, 5) is 14.2. The van der Waals surface area contributed by atoms with E-state index in [4.69, 9.17) is 27.9 Å². The number of benzene rings is 2. The molecule has 0 aromatic heterocycles. The Morgan fingerprint density at radius 1 is 1.11 bits per heavy atom. The Labute approximate surface area is 218 Å². The van der Waals surface area contributed by atoms with Crippen LogP contribution in [0.25, 0.3) is 0 Å². The van der Waals surface area contributed by atoms with Crippen LogP contribution < -0.4 is 0 Å². The van der Waals surface area contributed by atoms with Gasteiger partial charge in [0.1, 0.15) is 0 Å². The van der Waals surface area contributed by atoms with E-state index in [1.807, 2.05) is 30.3 Å². The predicted molar refractivity (Wildman–Crippen MR) is 133 cm³/mol. The molecular weight excluding hydrogens is 514 g/mol. The van der Waals surface area contributed by atoms with Gasteiger partial charge in [0.15, 0.2) is 0 Å². The molecule has 1 fully saturated rings. The van der Waals surface area contributed by atoms with Crippen LogP contribution in [0.5, 0.6) is 0 Å². The van der Waals surface area contributed by atoms with Gasteiger partial charge in [-0.15, -0.1) is 13.2 Å². The molecule has 36 heavy (non-hydrogen) atoms. The molecule has 1 aliphatic carbocycles. The molecule has 2 aromatic carbocycles. The number of hydrogen-bond acceptors (Lipinski definition) is 4. The third-order valence-electron chi connectivity index (χ3n) is 6.77. The van der Waals surface area contributed by atoms with Crippen LogP contribution in [0.3, 0.4) is 0 Å². The highest BCUT2D eigenvalue weighted by Crippen LogP contribution is 2.42. The lowest BCUT2D eigenvalue weighted by atomic mass is 9.91. The molecule has 0 amide bonds. The van der Waals surface area contributed by atoms with Crippen LogP contribution in [0.1, 0.15) is 53.2 Å². The van der Waals surface area contributed by atoms with E-state index in [0.29, 0.717) is 22.2 Å². The van der Waals surface area contributed by atoms with Crippen LogP contribution in [0, 0.1) is 0 Å². The van der Waals surface area contributed by atoms with Gasteiger partial charge in [-0.3, -0.25) is 9.64 Å². The average Bonchev–Trinajstić information content (AvgIpc) is 3.28. The Hall–Kier alpha value is -2.32. The van der Waals surface area contributed by atoms with Crippen molar-refractivity contribution in [1.82, 2.24) is 4.90 Å². The summed E-state index contributed by atoms with van der Waals surface area (Å²) in [5.41, 5.74) is 3.44. The second kappa shape index (κ2) is 11.0. The molecule has 192 valence electrons. The third-order valence-corrected chi connectivity index (χ3v) is 7.20. The van der Waals surface area contributed by atoms with Crippen molar-refractivity contribution in [2.24, 2.45) is 0 Å². The molecule has 4 atom stereocenters. The molecule has 4 rings (SSSR count). The Kier molecular flexibility index (Phi) is 8.15. The number of hydrogen-bond donors (Lipinski definition) is 0. The van der Waals surface area contributed by atoms with Crippen LogP contribution in [-0.2, 0) is 9.47 Å². The summed E-state index contributed by atoms with van der Waals surface area (Å²) in [6.07, 6.45) is 0.219. The molecule has 4 nitrogen and oxygen atoms in total. The van der Waals surface area contributed by atoms with Crippen molar-refractivity contribution in [3.8, 4) is 0 Å². The van der Waals surface area contributed by atoms with Gasteiger partial charge in [0, 0.05) is 28.7 Å². The SMILES string of the molecule is COC(=O)c1ccc(C(C)N2C[C@H](c3cc(Cl)cc(Cl)c3)C[C@@H]2C2=CCC(OC(F)(F)F)C=C2)cc1. The molecule has 2 aliphatic rings. The number of nitrogens with zero attached hydrogens (tertiary/aromatic N) is 1. The minimum Gasteiger partial charge on any atom is -0.465 e. The first-order valence-corrected chi connectivity index (χ1v) is 12.3. The molecule has 0 spiro atoms. The largest absolute Gasteiger partial charge is 0.523 e. The smallest absolute Gasteiger partial charge is 0.465 e. The van der Waals surface area contributed by atoms with Crippen molar-refractivity contribution in [1.29, 1.82) is 0 Å². The lowest BCUT2D eigenvalue weighted by Gasteiger charge is -2.33. The maximum Gasteiger partial charge on any atom is 0.523 e. The normalized spacial score (nSPS) is 23.4. The number of alkyl halides is 3. The van der Waals surface area contributed by atoms with Gasteiger partial charge in [0.2, 0.25) is 0 Å². The quantitative estimate of drug-likeness (QED) is 0.356. The fourth-order valence-corrected chi connectivity index (χ4v) is 5.54. The van der Waals surface area contributed by atoms with Crippen molar-refractivity contribution in [3.05, 3.63) is 93.0 Å². The van der Waals surface area contributed by atoms with E-state index in [9.17, 15) is 18.0 Å². The maximum absolute atomic E-state index is 12.7. The Morgan fingerprint density at radius 3 is 2.33 bits per heavy atom. The molecule has 1 heterocycles. The first kappa shape index (κ1) is 26.7. The van der Waals surface area contributed by atoms with Crippen LogP contribution in [-0.4, -0.2) is 43.0 Å². The van der Waals surface area contributed by atoms with Gasteiger partial charge in [0.25, 0.3) is 0 Å². The fourth-order valence-electron chi connectivity index (χ4n) is 5.00. The standard InChI is InChI=1S/C27H26Cl2F3NO3/c1-16(17-3-5-19(6-4-17)26(34)35-2)33-15-21(20-11-22(28)14-23(29)12-20)13-25(33)18-7-9-24(10-8-18)36-27(30,31)32/h3-9,11-12,14,16,21,24-25H,10,13,15H2,1-2H3/t16?,21-,24?,25-/m1/s1. The molecule has 9 heteroatoms. The second-order valence-corrected chi connectivity index (χ2v) is 9.91. The number of ether oxygens (including phenoxy) is 2. The van der Waals surface area contributed by atoms with Gasteiger partial charge < -0.3 is 4.74 Å². The average molecular weight is 540 g/mol. The van der Waals surface area contributed by atoms with Gasteiger partial charge in [-0.25, -0.2) is 4.79 Å². The van der Waals surface area contributed by atoms with Gasteiger partial charge in [-0.1, -0.05) is 53.6 Å². The highest BCUT2D eigenvalue weighted by molar-refractivity contribution is 6.34. The summed E-state index contributed by atoms with van der Waals surface area (Å²) < 4.78 is 47.0. The number of methoxy groups -OCH3 is 1. The van der Waals surface area contributed by atoms with Crippen LogP contribution in [0.2, 0.25) is 10.0 Å². The zero-order valence-electron chi connectivity index (χ0n) is 19.8. The first-order chi connectivity index (χ1) is 17.0. The zero-order valence-corrected chi connectivity index (χ0v) is 21.3. The van der Waals surface area contributed by atoms with Gasteiger partial charge in [0.05, 0.1) is 18.8 Å². The molecule has 1 aliphatic heterocycles. The van der Waals surface area contributed by atoms with Crippen LogP contribution in [0.4, 0.5) is 13.2 Å². The van der Waals surface area contributed by atoms with E-state index in [1.165, 1.54) is 13.2 Å². The van der Waals surface area contributed by atoms with E-state index in [0.717, 1.165) is 23.1 Å². The lowest BCUT2D eigenvalue weighted by molar-refractivity contribution is -0.336. The molecule has 1 saturated heterocycles. The number of carbonyl (C=O) groups excluding carboxylic acids is 1. The van der Waals surface area contributed by atoms with Crippen LogP contribution >= 0.6 is 23.2 Å². The summed E-state index contributed by atoms with van der Waals surface area (Å²) in [5.74, 6) is -0.277. The van der Waals surface area contributed by atoms with Crippen molar-refractivity contribution >= 4 is 29.2 Å². The summed E-state index contributed by atoms with van der Waals surface area (Å²) >= 11 is 12.5. The summed E-state index contributed by atoms with van der Waals surface area (Å²) in [6.45, 7) is 2.78. The molecule has 2 unspecified atom stereocenters. The van der Waals surface area contributed by atoms with Crippen molar-refractivity contribution in [2.75, 3.05) is 13.7 Å². The maximum atomic E-state index is 12.7. The number of rotatable bonds is 6. The highest BCUT2D eigenvalue weighted by atomic mass is 35.5. The van der Waals surface area contributed by atoms with E-state index in [-0.39, 0.29) is 24.4 Å². The van der Waals surface area contributed by atoms with Crippen molar-refractivity contribution < 1.29 is 27.4 Å². The minimum atomic E-state index is -4.68. The summed E-state index contributed by atoms with van der Waals surface area (Å²) in [5, 5.41) is 1.12. The van der Waals surface area contributed by atoms with E-state index >= 15 is 0 Å². The Morgan fingerprint density at radius 2 is 1.78 bits per heavy atom. The van der Waals surface area contributed by atoms with Gasteiger partial charge >= 0.3 is 12.3 Å². The fraction of sp³-hybridized carbons (Fsp3) is 0.370. The van der Waals surface area contributed by atoms with E-state index in [2.05, 4.69) is 16.6 Å². The number of likely N-dealkylation sites (tertiary alicyclic amines) is 1. The number of halogens is 5. The van der Waals surface area contributed by atoms with Crippen LogP contribution in [0.15, 0.2) is 66.3 Å². The number of esters is 1. The molecule has 0 N–H and O–H groups in total. The predicted octanol–water partition coefficient (Wildman–Crippen LogP) is 7.49. The van der Waals surface area contributed by atoms with Gasteiger partial charge in [-0.05, 0) is 72.7 Å². The third kappa shape index (κ3) is 6.32. The molecule has 2 aromatic rings. The highest BCUT2D eigenvalue weighted by Gasteiger charge is 2.39. The van der Waals surface area contributed by atoms with E-state index in [1.54, 1.807) is 24.3 Å². The summed E-state index contributed by atoms with van der Waals surface area (Å²) in [7, 11) is 1.34. The molecular formula is C27H26Cl2F3NO3.